The summed E-state index contributed by atoms with van der Waals surface area (Å²) in [5, 5.41) is -0.297. The maximum absolute atomic E-state index is 12.8. The smallest absolute Gasteiger partial charge is 0.280 e. The van der Waals surface area contributed by atoms with E-state index >= 15 is 0 Å². The van der Waals surface area contributed by atoms with Crippen LogP contribution in [-0.4, -0.2) is 49.7 Å². The van der Waals surface area contributed by atoms with Gasteiger partial charge in [-0.25, -0.2) is 4.98 Å². The maximum atomic E-state index is 12.8. The van der Waals surface area contributed by atoms with Gasteiger partial charge in [0.2, 0.25) is 5.75 Å². The van der Waals surface area contributed by atoms with Gasteiger partial charge in [-0.2, -0.15) is 13.4 Å². The Kier molecular flexibility index (Phi) is 8.24. The van der Waals surface area contributed by atoms with E-state index in [9.17, 15) is 8.42 Å². The fraction of sp³-hybridized carbons (Fsp3) is 0.143. The predicted molar refractivity (Wildman–Crippen MR) is 123 cm³/mol. The van der Waals surface area contributed by atoms with Gasteiger partial charge in [-0.1, -0.05) is 25.8 Å². The van der Waals surface area contributed by atoms with E-state index in [0.717, 1.165) is 6.08 Å². The van der Waals surface area contributed by atoms with Crippen molar-refractivity contribution in [1.29, 1.82) is 0 Å². The molecule has 2 aromatic heterocycles. The van der Waals surface area contributed by atoms with Crippen LogP contribution < -0.4 is 14.2 Å². The lowest BCUT2D eigenvalue weighted by Crippen LogP contribution is -2.23. The van der Waals surface area contributed by atoms with Gasteiger partial charge in [0.15, 0.2) is 28.2 Å². The number of nitrogens with zero attached hydrogens (tertiary/aromatic N) is 4. The number of hydrogen-bond acceptors (Lipinski definition) is 9. The standard InChI is InChI=1S/C21H23N5O5S/c1-7-9-16(14(3)29-5)31-18-20(26-32(27,28)17(8-2)22-4)24-19(25-21(18)30-6)15-10-12-23-13-11-15/h7-13H,1-3H2,4-6H3,(H,24,25,26). The van der Waals surface area contributed by atoms with Crippen LogP contribution in [0.15, 0.2) is 79.0 Å². The summed E-state index contributed by atoms with van der Waals surface area (Å²) in [7, 11) is -0.0629. The lowest BCUT2D eigenvalue weighted by molar-refractivity contribution is 0.259. The number of ether oxygens (including phenoxy) is 3. The summed E-state index contributed by atoms with van der Waals surface area (Å²) in [6.45, 7) is 10.8. The number of pyridine rings is 1. The maximum Gasteiger partial charge on any atom is 0.280 e. The first-order chi connectivity index (χ1) is 15.3. The Balaban J connectivity index is 2.75. The van der Waals surface area contributed by atoms with E-state index in [1.165, 1.54) is 33.4 Å². The largest absolute Gasteiger partial charge is 0.493 e. The van der Waals surface area contributed by atoms with E-state index in [1.807, 2.05) is 0 Å². The zero-order chi connectivity index (χ0) is 23.7. The topological polar surface area (TPSA) is 125 Å². The number of hydrogen-bond donors (Lipinski definition) is 1. The minimum Gasteiger partial charge on any atom is -0.493 e. The van der Waals surface area contributed by atoms with Crippen molar-refractivity contribution < 1.29 is 22.6 Å². The van der Waals surface area contributed by atoms with Gasteiger partial charge in [0.05, 0.1) is 14.2 Å². The average Bonchev–Trinajstić information content (AvgIpc) is 2.79. The molecule has 0 aromatic carbocycles. The molecular weight excluding hydrogens is 434 g/mol. The normalized spacial score (nSPS) is 12.0. The third-order valence-electron chi connectivity index (χ3n) is 3.87. The molecule has 1 N–H and O–H groups in total. The van der Waals surface area contributed by atoms with E-state index in [4.69, 9.17) is 14.2 Å². The number of rotatable bonds is 10. The Morgan fingerprint density at radius 3 is 2.41 bits per heavy atom. The van der Waals surface area contributed by atoms with Crippen molar-refractivity contribution in [2.24, 2.45) is 4.99 Å². The van der Waals surface area contributed by atoms with Crippen LogP contribution >= 0.6 is 0 Å². The third kappa shape index (κ3) is 5.58. The minimum absolute atomic E-state index is 0.0445. The quantitative estimate of drug-likeness (QED) is 0.250. The monoisotopic (exact) mass is 457 g/mol. The molecular formula is C21H23N5O5S. The summed E-state index contributed by atoms with van der Waals surface area (Å²) in [5.41, 5.74) is 0.571. The SMILES string of the molecule is C=CC=C(Oc1c(NS(=O)(=O)C(C=C)=NC)nc(-c2ccncc2)nc1OC)C(=C)OC. The van der Waals surface area contributed by atoms with E-state index < -0.39 is 10.0 Å². The molecule has 10 nitrogen and oxygen atoms in total. The van der Waals surface area contributed by atoms with E-state index in [-0.39, 0.29) is 39.8 Å². The fourth-order valence-corrected chi connectivity index (χ4v) is 3.32. The molecule has 0 atom stereocenters. The lowest BCUT2D eigenvalue weighted by atomic mass is 10.2. The Morgan fingerprint density at radius 1 is 1.19 bits per heavy atom. The van der Waals surface area contributed by atoms with Crippen molar-refractivity contribution in [3.05, 3.63) is 74.0 Å². The molecule has 0 fully saturated rings. The number of aromatic nitrogens is 3. The number of methoxy groups -OCH3 is 2. The van der Waals surface area contributed by atoms with Crippen LogP contribution in [0.3, 0.4) is 0 Å². The van der Waals surface area contributed by atoms with Crippen LogP contribution in [-0.2, 0) is 14.8 Å². The summed E-state index contributed by atoms with van der Waals surface area (Å²) in [6, 6.07) is 3.32. The zero-order valence-electron chi connectivity index (χ0n) is 17.9. The first kappa shape index (κ1) is 24.3. The van der Waals surface area contributed by atoms with Crippen LogP contribution in [0.5, 0.6) is 11.6 Å². The minimum atomic E-state index is -4.15. The number of sulfonamides is 1. The van der Waals surface area contributed by atoms with Gasteiger partial charge in [-0.15, -0.1) is 0 Å². The van der Waals surface area contributed by atoms with E-state index in [0.29, 0.717) is 5.56 Å². The molecule has 0 aliphatic rings. The second kappa shape index (κ2) is 10.9. The van der Waals surface area contributed by atoms with E-state index in [1.54, 1.807) is 24.5 Å². The van der Waals surface area contributed by atoms with Crippen molar-refractivity contribution in [2.45, 2.75) is 0 Å². The van der Waals surface area contributed by atoms with Gasteiger partial charge in [-0.05, 0) is 24.3 Å². The number of aliphatic imine (C=N–C) groups is 1. The van der Waals surface area contributed by atoms with Crippen molar-refractivity contribution in [3.63, 3.8) is 0 Å². The van der Waals surface area contributed by atoms with Gasteiger partial charge in [0, 0.05) is 25.0 Å². The fourth-order valence-electron chi connectivity index (χ4n) is 2.36. The zero-order valence-corrected chi connectivity index (χ0v) is 18.7. The number of nitrogens with one attached hydrogen (secondary N) is 1. The highest BCUT2D eigenvalue weighted by molar-refractivity contribution is 8.07. The van der Waals surface area contributed by atoms with Crippen LogP contribution in [0, 0.1) is 0 Å². The predicted octanol–water partition coefficient (Wildman–Crippen LogP) is 3.11. The molecule has 0 bridgehead atoms. The van der Waals surface area contributed by atoms with Gasteiger partial charge in [0.25, 0.3) is 15.9 Å². The van der Waals surface area contributed by atoms with Crippen molar-refractivity contribution in [2.75, 3.05) is 26.0 Å². The second-order valence-corrected chi connectivity index (χ2v) is 7.47. The van der Waals surface area contributed by atoms with Crippen LogP contribution in [0.4, 0.5) is 5.82 Å². The molecule has 0 spiro atoms. The third-order valence-corrected chi connectivity index (χ3v) is 5.23. The van der Waals surface area contributed by atoms with Gasteiger partial charge >= 0.3 is 0 Å². The van der Waals surface area contributed by atoms with Crippen LogP contribution in [0.25, 0.3) is 11.4 Å². The Hall–Kier alpha value is -3.99. The molecule has 0 amide bonds. The molecule has 168 valence electrons. The highest BCUT2D eigenvalue weighted by atomic mass is 32.2. The van der Waals surface area contributed by atoms with Crippen molar-refractivity contribution >= 4 is 20.9 Å². The Bertz CT molecular complexity index is 1170. The van der Waals surface area contributed by atoms with E-state index in [2.05, 4.69) is 44.4 Å². The molecule has 0 unspecified atom stereocenters. The molecule has 2 heterocycles. The molecule has 0 aliphatic heterocycles. The summed E-state index contributed by atoms with van der Waals surface area (Å²) < 4.78 is 44.3. The Labute approximate surface area is 186 Å². The van der Waals surface area contributed by atoms with Crippen LogP contribution in [0.1, 0.15) is 0 Å². The molecule has 32 heavy (non-hydrogen) atoms. The molecule has 0 saturated heterocycles. The van der Waals surface area contributed by atoms with Crippen molar-refractivity contribution in [3.8, 4) is 23.0 Å². The molecule has 11 heteroatoms. The highest BCUT2D eigenvalue weighted by Gasteiger charge is 2.26. The molecule has 0 saturated carbocycles. The second-order valence-electron chi connectivity index (χ2n) is 5.84. The number of anilines is 1. The van der Waals surface area contributed by atoms with Gasteiger partial charge in [-0.3, -0.25) is 14.7 Å². The summed E-state index contributed by atoms with van der Waals surface area (Å²) in [4.78, 5) is 16.4. The van der Waals surface area contributed by atoms with Crippen LogP contribution in [0.2, 0.25) is 0 Å². The lowest BCUT2D eigenvalue weighted by Gasteiger charge is -2.18. The summed E-state index contributed by atoms with van der Waals surface area (Å²) in [6.07, 6.45) is 7.12. The summed E-state index contributed by atoms with van der Waals surface area (Å²) in [5.74, 6) is 0.0837. The first-order valence-corrected chi connectivity index (χ1v) is 10.5. The Morgan fingerprint density at radius 2 is 1.88 bits per heavy atom. The summed E-state index contributed by atoms with van der Waals surface area (Å²) >= 11 is 0. The van der Waals surface area contributed by atoms with Gasteiger partial charge < -0.3 is 14.2 Å². The molecule has 0 radical (unpaired) electrons. The molecule has 0 aliphatic carbocycles. The molecule has 2 aromatic rings. The first-order valence-electron chi connectivity index (χ1n) is 9.03. The molecule has 2 rings (SSSR count). The number of allylic oxidation sites excluding steroid dienone is 2. The highest BCUT2D eigenvalue weighted by Crippen LogP contribution is 2.37. The average molecular weight is 458 g/mol. The van der Waals surface area contributed by atoms with Crippen molar-refractivity contribution in [1.82, 2.24) is 15.0 Å². The van der Waals surface area contributed by atoms with Gasteiger partial charge in [0.1, 0.15) is 0 Å².